The normalized spacial score (nSPS) is 16.0. The van der Waals surface area contributed by atoms with Gasteiger partial charge in [0.25, 0.3) is 5.69 Å². The number of non-ortho nitro benzene ring substituents is 1. The third kappa shape index (κ3) is 2.52. The van der Waals surface area contributed by atoms with Gasteiger partial charge >= 0.3 is 0 Å². The quantitative estimate of drug-likeness (QED) is 0.534. The molecule has 0 saturated heterocycles. The molecule has 0 aromatic heterocycles. The van der Waals surface area contributed by atoms with Crippen LogP contribution in [-0.2, 0) is 4.79 Å². The number of carbonyl (C=O) groups is 1. The molecule has 0 bridgehead atoms. The predicted molar refractivity (Wildman–Crippen MR) is 81.5 cm³/mol. The zero-order valence-corrected chi connectivity index (χ0v) is 11.7. The number of hydrogen-bond acceptors (Lipinski definition) is 5. The van der Waals surface area contributed by atoms with Crippen LogP contribution in [0.3, 0.4) is 0 Å². The summed E-state index contributed by atoms with van der Waals surface area (Å²) in [6.07, 6.45) is 3.90. The lowest BCUT2D eigenvalue weighted by molar-refractivity contribution is -0.384. The number of nitro benzene ring substituents is 1. The van der Waals surface area contributed by atoms with E-state index in [1.165, 1.54) is 30.3 Å². The number of rotatable bonds is 3. The monoisotopic (exact) mass is 314 g/mol. The Morgan fingerprint density at radius 1 is 1.26 bits per heavy atom. The van der Waals surface area contributed by atoms with Gasteiger partial charge in [-0.3, -0.25) is 10.1 Å². The van der Waals surface area contributed by atoms with E-state index < -0.39 is 22.5 Å². The molecule has 2 aromatic carbocycles. The van der Waals surface area contributed by atoms with Crippen molar-refractivity contribution in [3.05, 3.63) is 69.7 Å². The maximum atomic E-state index is 13.6. The number of aromatic hydroxyl groups is 1. The van der Waals surface area contributed by atoms with Gasteiger partial charge in [0, 0.05) is 24.0 Å². The smallest absolute Gasteiger partial charge is 0.269 e. The van der Waals surface area contributed by atoms with Gasteiger partial charge in [0.1, 0.15) is 12.3 Å². The Morgan fingerprint density at radius 3 is 2.57 bits per heavy atom. The summed E-state index contributed by atoms with van der Waals surface area (Å²) < 4.78 is 13.6. The molecule has 0 saturated carbocycles. The molecule has 0 radical (unpaired) electrons. The zero-order valence-electron chi connectivity index (χ0n) is 11.7. The highest BCUT2D eigenvalue weighted by Crippen LogP contribution is 2.36. The predicted octanol–water partition coefficient (Wildman–Crippen LogP) is 3.17. The first kappa shape index (κ1) is 14.7. The maximum Gasteiger partial charge on any atom is 0.269 e. The minimum atomic E-state index is -0.811. The van der Waals surface area contributed by atoms with Gasteiger partial charge in [-0.25, -0.2) is 4.39 Å². The summed E-state index contributed by atoms with van der Waals surface area (Å²) in [7, 11) is 0. The molecule has 1 heterocycles. The molecule has 3 rings (SSSR count). The molecule has 1 aliphatic heterocycles. The molecule has 23 heavy (non-hydrogen) atoms. The van der Waals surface area contributed by atoms with Crippen LogP contribution < -0.4 is 4.90 Å². The van der Waals surface area contributed by atoms with Gasteiger partial charge in [-0.2, -0.15) is 0 Å². The van der Waals surface area contributed by atoms with Crippen LogP contribution in [-0.4, -0.2) is 16.3 Å². The number of hydrogen-bond donors (Lipinski definition) is 1. The fourth-order valence-corrected chi connectivity index (χ4v) is 2.53. The molecular formula is C16H11FN2O4. The van der Waals surface area contributed by atoms with E-state index in [1.54, 1.807) is 17.2 Å². The van der Waals surface area contributed by atoms with Crippen LogP contribution in [0.4, 0.5) is 15.8 Å². The molecule has 1 aliphatic rings. The highest BCUT2D eigenvalue weighted by Gasteiger charge is 2.26. The Balaban J connectivity index is 2.03. The molecule has 0 aliphatic carbocycles. The Hall–Kier alpha value is -3.22. The van der Waals surface area contributed by atoms with E-state index in [9.17, 15) is 24.4 Å². The third-order valence-electron chi connectivity index (χ3n) is 3.67. The van der Waals surface area contributed by atoms with Gasteiger partial charge in [-0.15, -0.1) is 0 Å². The minimum absolute atomic E-state index is 0.0613. The third-order valence-corrected chi connectivity index (χ3v) is 3.67. The SMILES string of the molecule is O=CC1c2cc(F)c(O)cc2C=CN1c1ccc([N+](=O)[O-])cc1. The maximum absolute atomic E-state index is 13.6. The molecule has 0 amide bonds. The summed E-state index contributed by atoms with van der Waals surface area (Å²) in [5.41, 5.74) is 1.45. The molecule has 116 valence electrons. The van der Waals surface area contributed by atoms with Crippen molar-refractivity contribution in [1.82, 2.24) is 0 Å². The number of phenolic OH excluding ortho intramolecular Hbond substituents is 1. The van der Waals surface area contributed by atoms with Crippen molar-refractivity contribution >= 4 is 23.7 Å². The zero-order chi connectivity index (χ0) is 16.6. The van der Waals surface area contributed by atoms with E-state index in [-0.39, 0.29) is 5.69 Å². The first-order valence-electron chi connectivity index (χ1n) is 6.70. The van der Waals surface area contributed by atoms with Crippen molar-refractivity contribution < 1.29 is 19.2 Å². The second-order valence-electron chi connectivity index (χ2n) is 5.01. The fraction of sp³-hybridized carbons (Fsp3) is 0.0625. The second-order valence-corrected chi connectivity index (χ2v) is 5.01. The molecular weight excluding hydrogens is 303 g/mol. The number of carbonyl (C=O) groups excluding carboxylic acids is 1. The lowest BCUT2D eigenvalue weighted by Crippen LogP contribution is -2.27. The Morgan fingerprint density at radius 2 is 1.96 bits per heavy atom. The van der Waals surface area contributed by atoms with Crippen molar-refractivity contribution in [2.45, 2.75) is 6.04 Å². The van der Waals surface area contributed by atoms with E-state index >= 15 is 0 Å². The molecule has 0 fully saturated rings. The van der Waals surface area contributed by atoms with Crippen LogP contribution in [0.1, 0.15) is 17.2 Å². The summed E-state index contributed by atoms with van der Waals surface area (Å²) in [5.74, 6) is -1.30. The van der Waals surface area contributed by atoms with Crippen molar-refractivity contribution in [2.75, 3.05) is 4.90 Å². The lowest BCUT2D eigenvalue weighted by atomic mass is 9.96. The number of phenols is 1. The number of aldehydes is 1. The van der Waals surface area contributed by atoms with E-state index in [1.807, 2.05) is 0 Å². The number of benzene rings is 2. The minimum Gasteiger partial charge on any atom is -0.505 e. The van der Waals surface area contributed by atoms with E-state index in [0.717, 1.165) is 6.07 Å². The lowest BCUT2D eigenvalue weighted by Gasteiger charge is -2.31. The first-order valence-corrected chi connectivity index (χ1v) is 6.70. The van der Waals surface area contributed by atoms with Crippen LogP contribution >= 0.6 is 0 Å². The van der Waals surface area contributed by atoms with E-state index in [4.69, 9.17) is 0 Å². The van der Waals surface area contributed by atoms with Gasteiger partial charge in [0.05, 0.1) is 4.92 Å². The Labute approximate surface area is 130 Å². The highest BCUT2D eigenvalue weighted by atomic mass is 19.1. The van der Waals surface area contributed by atoms with Crippen LogP contribution in [0.2, 0.25) is 0 Å². The summed E-state index contributed by atoms with van der Waals surface area (Å²) in [6, 6.07) is 7.28. The molecule has 2 aromatic rings. The summed E-state index contributed by atoms with van der Waals surface area (Å²) >= 11 is 0. The molecule has 1 atom stereocenters. The number of halogens is 1. The number of anilines is 1. The fourth-order valence-electron chi connectivity index (χ4n) is 2.53. The van der Waals surface area contributed by atoms with Gasteiger partial charge in [0.15, 0.2) is 11.6 Å². The molecule has 7 heteroatoms. The van der Waals surface area contributed by atoms with Gasteiger partial charge in [-0.1, -0.05) is 0 Å². The topological polar surface area (TPSA) is 83.7 Å². The largest absolute Gasteiger partial charge is 0.505 e. The van der Waals surface area contributed by atoms with Gasteiger partial charge in [-0.05, 0) is 41.5 Å². The first-order chi connectivity index (χ1) is 11.0. The van der Waals surface area contributed by atoms with Crippen molar-refractivity contribution in [3.8, 4) is 5.75 Å². The number of fused-ring (bicyclic) bond motifs is 1. The molecule has 6 nitrogen and oxygen atoms in total. The van der Waals surface area contributed by atoms with Crippen molar-refractivity contribution in [1.29, 1.82) is 0 Å². The second kappa shape index (κ2) is 5.53. The summed E-state index contributed by atoms with van der Waals surface area (Å²) in [6.45, 7) is 0. The number of nitrogens with zero attached hydrogens (tertiary/aromatic N) is 2. The molecule has 1 N–H and O–H groups in total. The standard InChI is InChI=1S/C16H11FN2O4/c17-14-8-13-10(7-16(14)21)5-6-18(15(13)9-20)11-1-3-12(4-2-11)19(22)23/h1-9,15,21H. The van der Waals surface area contributed by atoms with E-state index in [2.05, 4.69) is 0 Å². The number of nitro groups is 1. The van der Waals surface area contributed by atoms with E-state index in [0.29, 0.717) is 23.1 Å². The van der Waals surface area contributed by atoms with Crippen LogP contribution in [0, 0.1) is 15.9 Å². The highest BCUT2D eigenvalue weighted by molar-refractivity contribution is 5.78. The van der Waals surface area contributed by atoms with Gasteiger partial charge < -0.3 is 14.8 Å². The van der Waals surface area contributed by atoms with Crippen molar-refractivity contribution in [3.63, 3.8) is 0 Å². The van der Waals surface area contributed by atoms with Gasteiger partial charge in [0.2, 0.25) is 0 Å². The van der Waals surface area contributed by atoms with Crippen LogP contribution in [0.25, 0.3) is 6.08 Å². The summed E-state index contributed by atoms with van der Waals surface area (Å²) in [5, 5.41) is 20.1. The molecule has 1 unspecified atom stereocenters. The summed E-state index contributed by atoms with van der Waals surface area (Å²) in [4.78, 5) is 23.3. The molecule has 0 spiro atoms. The Kier molecular flexibility index (Phi) is 3.53. The average molecular weight is 314 g/mol. The average Bonchev–Trinajstić information content (AvgIpc) is 2.55. The van der Waals surface area contributed by atoms with Crippen molar-refractivity contribution in [2.24, 2.45) is 0 Å². The Bertz CT molecular complexity index is 818. The van der Waals surface area contributed by atoms with Crippen LogP contribution in [0.15, 0.2) is 42.6 Å². The van der Waals surface area contributed by atoms with Crippen LogP contribution in [0.5, 0.6) is 5.75 Å².